The number of ether oxygens (including phenoxy) is 3. The van der Waals surface area contributed by atoms with Gasteiger partial charge in [0.15, 0.2) is 11.9 Å². The SMILES string of the molecule is COC(=O)[C@@H]1C[C@H](OC(C)=O)C(=O)[C@H]2[C@]3(C)C[C@H](c4ccoc4)OC(=O)[C@H]3CC[C@@]21C. The maximum Gasteiger partial charge on any atom is 0.310 e. The number of methoxy groups -OCH3 is 1. The van der Waals surface area contributed by atoms with Gasteiger partial charge >= 0.3 is 17.9 Å². The highest BCUT2D eigenvalue weighted by atomic mass is 16.6. The normalized spacial score (nSPS) is 39.7. The Morgan fingerprint density at radius 3 is 2.55 bits per heavy atom. The van der Waals surface area contributed by atoms with Crippen molar-refractivity contribution in [3.63, 3.8) is 0 Å². The highest BCUT2D eigenvalue weighted by Crippen LogP contribution is 2.65. The molecule has 1 aliphatic heterocycles. The number of carbonyl (C=O) groups is 4. The van der Waals surface area contributed by atoms with Gasteiger partial charge < -0.3 is 18.6 Å². The maximum absolute atomic E-state index is 13.7. The summed E-state index contributed by atoms with van der Waals surface area (Å²) in [5.74, 6) is -3.35. The lowest BCUT2D eigenvalue weighted by molar-refractivity contribution is -0.210. The van der Waals surface area contributed by atoms with E-state index < -0.39 is 52.7 Å². The van der Waals surface area contributed by atoms with E-state index in [1.165, 1.54) is 26.6 Å². The van der Waals surface area contributed by atoms with Gasteiger partial charge in [0, 0.05) is 24.8 Å². The number of hydrogen-bond acceptors (Lipinski definition) is 8. The van der Waals surface area contributed by atoms with Crippen LogP contribution in [-0.4, -0.2) is 36.9 Å². The second-order valence-corrected chi connectivity index (χ2v) is 9.53. The highest BCUT2D eigenvalue weighted by Gasteiger charge is 2.67. The van der Waals surface area contributed by atoms with Crippen molar-refractivity contribution in [3.8, 4) is 0 Å². The van der Waals surface area contributed by atoms with Crippen LogP contribution in [0.4, 0.5) is 0 Å². The van der Waals surface area contributed by atoms with Crippen LogP contribution in [0.2, 0.25) is 0 Å². The molecule has 3 fully saturated rings. The first-order chi connectivity index (χ1) is 14.6. The summed E-state index contributed by atoms with van der Waals surface area (Å²) in [7, 11) is 1.32. The van der Waals surface area contributed by atoms with Crippen molar-refractivity contribution in [2.24, 2.45) is 28.6 Å². The van der Waals surface area contributed by atoms with Crippen LogP contribution in [0.25, 0.3) is 0 Å². The lowest BCUT2D eigenvalue weighted by Gasteiger charge is -2.60. The molecule has 0 unspecified atom stereocenters. The monoisotopic (exact) mass is 432 g/mol. The molecule has 8 heteroatoms. The van der Waals surface area contributed by atoms with Gasteiger partial charge in [-0.05, 0) is 36.2 Å². The van der Waals surface area contributed by atoms with Gasteiger partial charge in [-0.25, -0.2) is 0 Å². The lowest BCUT2D eigenvalue weighted by atomic mass is 9.43. The van der Waals surface area contributed by atoms with Gasteiger partial charge in [-0.1, -0.05) is 13.8 Å². The predicted octanol–water partition coefficient (Wildman–Crippen LogP) is 3.00. The summed E-state index contributed by atoms with van der Waals surface area (Å²) in [5, 5.41) is 0. The van der Waals surface area contributed by atoms with E-state index in [0.717, 1.165) is 5.56 Å². The topological polar surface area (TPSA) is 109 Å². The van der Waals surface area contributed by atoms with E-state index in [4.69, 9.17) is 18.6 Å². The number of esters is 3. The van der Waals surface area contributed by atoms with Crippen LogP contribution in [0.5, 0.6) is 0 Å². The number of cyclic esters (lactones) is 1. The Balaban J connectivity index is 1.80. The minimum atomic E-state index is -1.04. The number of rotatable bonds is 3. The summed E-state index contributed by atoms with van der Waals surface area (Å²) in [4.78, 5) is 51.2. The molecular formula is C23H28O8. The summed E-state index contributed by atoms with van der Waals surface area (Å²) in [6, 6.07) is 1.74. The van der Waals surface area contributed by atoms with Crippen molar-refractivity contribution in [1.29, 1.82) is 0 Å². The number of furan rings is 1. The molecule has 2 heterocycles. The first-order valence-electron chi connectivity index (χ1n) is 10.6. The average Bonchev–Trinajstić information content (AvgIpc) is 3.23. The van der Waals surface area contributed by atoms with Gasteiger partial charge in [-0.3, -0.25) is 19.2 Å². The molecule has 2 saturated carbocycles. The van der Waals surface area contributed by atoms with E-state index in [-0.39, 0.29) is 18.2 Å². The second-order valence-electron chi connectivity index (χ2n) is 9.53. The Morgan fingerprint density at radius 2 is 1.94 bits per heavy atom. The molecule has 31 heavy (non-hydrogen) atoms. The zero-order chi connectivity index (χ0) is 22.6. The lowest BCUT2D eigenvalue weighted by Crippen LogP contribution is -2.64. The molecule has 168 valence electrons. The molecule has 0 amide bonds. The molecule has 2 aliphatic carbocycles. The maximum atomic E-state index is 13.7. The first kappa shape index (κ1) is 21.6. The summed E-state index contributed by atoms with van der Waals surface area (Å²) >= 11 is 0. The van der Waals surface area contributed by atoms with E-state index in [0.29, 0.717) is 19.3 Å². The molecule has 0 spiro atoms. The van der Waals surface area contributed by atoms with Crippen molar-refractivity contribution in [1.82, 2.24) is 0 Å². The number of Topliss-reactive ketones (excluding diaryl/α,β-unsaturated/α-hetero) is 1. The molecule has 1 aromatic heterocycles. The number of ketones is 1. The standard InChI is InChI=1S/C23H28O8/c1-12(24)30-16-9-15(20(26)28-4)22(2)7-5-14-21(27)31-17(13-6-8-29-11-13)10-23(14,3)19(22)18(16)25/h6,8,11,14-17,19H,5,7,9-10H2,1-4H3/t14-,15+,16+,17-,19-,22-,23-/m1/s1. The minimum absolute atomic E-state index is 0.0917. The van der Waals surface area contributed by atoms with Crippen molar-refractivity contribution < 1.29 is 37.8 Å². The first-order valence-corrected chi connectivity index (χ1v) is 10.6. The van der Waals surface area contributed by atoms with Gasteiger partial charge in [-0.15, -0.1) is 0 Å². The fraction of sp³-hybridized carbons (Fsp3) is 0.652. The number of carbonyl (C=O) groups excluding carboxylic acids is 4. The Morgan fingerprint density at radius 1 is 1.19 bits per heavy atom. The van der Waals surface area contributed by atoms with Gasteiger partial charge in [-0.2, -0.15) is 0 Å². The third kappa shape index (κ3) is 3.27. The van der Waals surface area contributed by atoms with Crippen LogP contribution in [0, 0.1) is 28.6 Å². The molecule has 7 atom stereocenters. The fourth-order valence-electron chi connectivity index (χ4n) is 6.46. The fourth-order valence-corrected chi connectivity index (χ4v) is 6.46. The van der Waals surface area contributed by atoms with Crippen molar-refractivity contribution in [2.75, 3.05) is 7.11 Å². The molecule has 1 saturated heterocycles. The largest absolute Gasteiger partial charge is 0.472 e. The van der Waals surface area contributed by atoms with Crippen molar-refractivity contribution in [2.45, 2.75) is 58.7 Å². The molecular weight excluding hydrogens is 404 g/mol. The molecule has 3 aliphatic rings. The summed E-state index contributed by atoms with van der Waals surface area (Å²) in [5.41, 5.74) is -0.763. The number of hydrogen-bond donors (Lipinski definition) is 0. The van der Waals surface area contributed by atoms with E-state index in [9.17, 15) is 19.2 Å². The molecule has 1 aromatic rings. The Kier molecular flexibility index (Phi) is 5.22. The predicted molar refractivity (Wildman–Crippen MR) is 105 cm³/mol. The van der Waals surface area contributed by atoms with E-state index >= 15 is 0 Å². The molecule has 0 N–H and O–H groups in total. The van der Waals surface area contributed by atoms with Crippen LogP contribution in [0.15, 0.2) is 23.0 Å². The molecule has 0 aromatic carbocycles. The highest BCUT2D eigenvalue weighted by molar-refractivity contribution is 5.93. The zero-order valence-corrected chi connectivity index (χ0v) is 18.2. The Hall–Kier alpha value is -2.64. The summed E-state index contributed by atoms with van der Waals surface area (Å²) in [6.07, 6.45) is 2.98. The van der Waals surface area contributed by atoms with E-state index in [2.05, 4.69) is 0 Å². The Bertz CT molecular complexity index is 905. The van der Waals surface area contributed by atoms with Crippen molar-refractivity contribution >= 4 is 23.7 Å². The molecule has 8 nitrogen and oxygen atoms in total. The van der Waals surface area contributed by atoms with E-state index in [1.54, 1.807) is 6.07 Å². The van der Waals surface area contributed by atoms with Gasteiger partial charge in [0.1, 0.15) is 6.10 Å². The third-order valence-corrected chi connectivity index (χ3v) is 7.81. The summed E-state index contributed by atoms with van der Waals surface area (Å²) in [6.45, 7) is 5.09. The quantitative estimate of drug-likeness (QED) is 0.530. The smallest absolute Gasteiger partial charge is 0.310 e. The number of fused-ring (bicyclic) bond motifs is 3. The Labute approximate surface area is 180 Å². The second kappa shape index (κ2) is 7.50. The molecule has 0 radical (unpaired) electrons. The van der Waals surface area contributed by atoms with E-state index in [1.807, 2.05) is 13.8 Å². The summed E-state index contributed by atoms with van der Waals surface area (Å²) < 4.78 is 21.3. The van der Waals surface area contributed by atoms with Crippen LogP contribution < -0.4 is 0 Å². The van der Waals surface area contributed by atoms with Crippen LogP contribution in [0.3, 0.4) is 0 Å². The van der Waals surface area contributed by atoms with Crippen LogP contribution in [0.1, 0.15) is 58.1 Å². The molecule has 4 rings (SSSR count). The van der Waals surface area contributed by atoms with Gasteiger partial charge in [0.05, 0.1) is 31.5 Å². The van der Waals surface area contributed by atoms with Gasteiger partial charge in [0.2, 0.25) is 0 Å². The van der Waals surface area contributed by atoms with Crippen molar-refractivity contribution in [3.05, 3.63) is 24.2 Å². The van der Waals surface area contributed by atoms with Crippen LogP contribution in [-0.2, 0) is 33.4 Å². The average molecular weight is 432 g/mol. The minimum Gasteiger partial charge on any atom is -0.472 e. The third-order valence-electron chi connectivity index (χ3n) is 7.81. The zero-order valence-electron chi connectivity index (χ0n) is 18.2. The molecule has 0 bridgehead atoms. The van der Waals surface area contributed by atoms with Crippen LogP contribution >= 0.6 is 0 Å². The van der Waals surface area contributed by atoms with Gasteiger partial charge in [0.25, 0.3) is 0 Å².